The quantitative estimate of drug-likeness (QED) is 0.668. The van der Waals surface area contributed by atoms with Crippen LogP contribution in [0.5, 0.6) is 0 Å². The summed E-state index contributed by atoms with van der Waals surface area (Å²) in [6.45, 7) is 0. The van der Waals surface area contributed by atoms with Crippen LogP contribution in [0.3, 0.4) is 0 Å². The fraction of sp³-hybridized carbons (Fsp3) is 0.400. The van der Waals surface area contributed by atoms with Crippen molar-refractivity contribution in [3.8, 4) is 0 Å². The van der Waals surface area contributed by atoms with Crippen LogP contribution >= 0.6 is 11.6 Å². The maximum absolute atomic E-state index is 12.6. The Balaban J connectivity index is 3.19. The van der Waals surface area contributed by atoms with Gasteiger partial charge in [-0.2, -0.15) is 0 Å². The third-order valence-electron chi connectivity index (χ3n) is 2.13. The predicted molar refractivity (Wildman–Crippen MR) is 58.9 cm³/mol. The molecule has 7 heteroatoms. The molecule has 0 aliphatic heterocycles. The molecule has 0 radical (unpaired) electrons. The number of aromatic nitrogens is 1. The molecule has 0 aliphatic rings. The number of alkyl halides is 3. The van der Waals surface area contributed by atoms with Gasteiger partial charge in [0.05, 0.1) is 30.8 Å². The summed E-state index contributed by atoms with van der Waals surface area (Å²) in [4.78, 5) is 14.7. The molecule has 0 saturated carbocycles. The number of pyridine rings is 1. The Labute approximate surface area is 102 Å². The molecule has 0 unspecified atom stereocenters. The molecule has 0 aliphatic carbocycles. The number of esters is 1. The second-order valence-electron chi connectivity index (χ2n) is 3.26. The highest BCUT2D eigenvalue weighted by Gasteiger charge is 2.19. The van der Waals surface area contributed by atoms with E-state index in [0.29, 0.717) is 0 Å². The van der Waals surface area contributed by atoms with Crippen LogP contribution in [-0.2, 0) is 21.8 Å². The lowest BCUT2D eigenvalue weighted by Gasteiger charge is -2.11. The van der Waals surface area contributed by atoms with E-state index in [9.17, 15) is 13.6 Å². The number of carbonyl (C=O) groups is 1. The molecule has 17 heavy (non-hydrogen) atoms. The Hall–Kier alpha value is -1.43. The molecule has 0 atom stereocenters. The molecule has 1 heterocycles. The summed E-state index contributed by atoms with van der Waals surface area (Å²) in [5.41, 5.74) is 5.26. The summed E-state index contributed by atoms with van der Waals surface area (Å²) in [6, 6.07) is 1.42. The predicted octanol–water partition coefficient (Wildman–Crippen LogP) is 2.06. The minimum absolute atomic E-state index is 0.0336. The smallest absolute Gasteiger partial charge is 0.310 e. The number of ether oxygens (including phenoxy) is 1. The monoisotopic (exact) mass is 264 g/mol. The maximum Gasteiger partial charge on any atom is 0.310 e. The number of nitrogen functional groups attached to an aromatic ring is 1. The van der Waals surface area contributed by atoms with Crippen molar-refractivity contribution in [3.63, 3.8) is 0 Å². The number of halogens is 3. The van der Waals surface area contributed by atoms with E-state index in [1.807, 2.05) is 0 Å². The summed E-state index contributed by atoms with van der Waals surface area (Å²) in [6.07, 6.45) is -3.00. The lowest BCUT2D eigenvalue weighted by Crippen LogP contribution is -2.11. The Morgan fingerprint density at radius 1 is 1.65 bits per heavy atom. The summed E-state index contributed by atoms with van der Waals surface area (Å²) in [7, 11) is 1.20. The second kappa shape index (κ2) is 5.77. The van der Waals surface area contributed by atoms with Crippen molar-refractivity contribution < 1.29 is 18.3 Å². The number of nitrogens with zero attached hydrogens (tertiary/aromatic N) is 1. The van der Waals surface area contributed by atoms with Gasteiger partial charge in [-0.25, -0.2) is 13.8 Å². The van der Waals surface area contributed by atoms with E-state index >= 15 is 0 Å². The van der Waals surface area contributed by atoms with E-state index in [4.69, 9.17) is 17.3 Å². The highest BCUT2D eigenvalue weighted by atomic mass is 35.5. The van der Waals surface area contributed by atoms with Crippen LogP contribution < -0.4 is 5.73 Å². The minimum atomic E-state index is -2.81. The van der Waals surface area contributed by atoms with E-state index in [2.05, 4.69) is 9.72 Å². The first-order valence-electron chi connectivity index (χ1n) is 4.68. The number of anilines is 1. The van der Waals surface area contributed by atoms with Crippen LogP contribution in [0.2, 0.25) is 0 Å². The van der Waals surface area contributed by atoms with E-state index in [1.54, 1.807) is 0 Å². The average Bonchev–Trinajstić information content (AvgIpc) is 2.31. The fourth-order valence-electron chi connectivity index (χ4n) is 1.30. The largest absolute Gasteiger partial charge is 0.469 e. The van der Waals surface area contributed by atoms with Crippen molar-refractivity contribution in [3.05, 3.63) is 23.0 Å². The Kier molecular flexibility index (Phi) is 4.62. The molecule has 1 aromatic heterocycles. The number of hydrogen-bond acceptors (Lipinski definition) is 4. The molecule has 4 nitrogen and oxygen atoms in total. The van der Waals surface area contributed by atoms with Gasteiger partial charge in [-0.3, -0.25) is 4.79 Å². The van der Waals surface area contributed by atoms with Crippen LogP contribution in [0, 0.1) is 0 Å². The molecule has 0 saturated heterocycles. The van der Waals surface area contributed by atoms with Crippen LogP contribution in [0.25, 0.3) is 0 Å². The second-order valence-corrected chi connectivity index (χ2v) is 3.53. The fourth-order valence-corrected chi connectivity index (χ4v) is 1.44. The van der Waals surface area contributed by atoms with Gasteiger partial charge in [0.1, 0.15) is 5.69 Å². The SMILES string of the molecule is COC(=O)Cc1cc(CCl)nc(C(F)F)c1N. The lowest BCUT2D eigenvalue weighted by molar-refractivity contribution is -0.139. The van der Waals surface area contributed by atoms with Crippen LogP contribution in [0.4, 0.5) is 14.5 Å². The minimum Gasteiger partial charge on any atom is -0.469 e. The number of methoxy groups -OCH3 is 1. The molecule has 1 aromatic rings. The van der Waals surface area contributed by atoms with Gasteiger partial charge < -0.3 is 10.5 Å². The first kappa shape index (κ1) is 13.6. The Morgan fingerprint density at radius 2 is 2.29 bits per heavy atom. The number of nitrogens with two attached hydrogens (primary N) is 1. The van der Waals surface area contributed by atoms with Crippen molar-refractivity contribution >= 4 is 23.3 Å². The van der Waals surface area contributed by atoms with E-state index in [1.165, 1.54) is 13.2 Å². The molecule has 0 amide bonds. The molecule has 0 bridgehead atoms. The molecular formula is C10H11ClF2N2O2. The lowest BCUT2D eigenvalue weighted by atomic mass is 10.1. The zero-order chi connectivity index (χ0) is 13.0. The first-order chi connectivity index (χ1) is 7.99. The highest BCUT2D eigenvalue weighted by Crippen LogP contribution is 2.27. The zero-order valence-electron chi connectivity index (χ0n) is 9.04. The van der Waals surface area contributed by atoms with Gasteiger partial charge in [0, 0.05) is 0 Å². The van der Waals surface area contributed by atoms with E-state index in [0.717, 1.165) is 0 Å². The third kappa shape index (κ3) is 3.26. The number of rotatable bonds is 4. The summed E-state index contributed by atoms with van der Waals surface area (Å²) >= 11 is 5.53. The standard InChI is InChI=1S/C10H11ClF2N2O2/c1-17-7(16)3-5-2-6(4-11)15-9(8(5)14)10(12)13/h2,10H,3-4,14H2,1H3. The summed E-state index contributed by atoms with van der Waals surface area (Å²) < 4.78 is 29.7. The van der Waals surface area contributed by atoms with Crippen molar-refractivity contribution in [2.24, 2.45) is 0 Å². The van der Waals surface area contributed by atoms with Gasteiger partial charge in [-0.15, -0.1) is 11.6 Å². The molecule has 1 rings (SSSR count). The molecular weight excluding hydrogens is 254 g/mol. The molecule has 2 N–H and O–H groups in total. The molecule has 0 spiro atoms. The Morgan fingerprint density at radius 3 is 2.76 bits per heavy atom. The topological polar surface area (TPSA) is 65.2 Å². The highest BCUT2D eigenvalue weighted by molar-refractivity contribution is 6.16. The van der Waals surface area contributed by atoms with Crippen molar-refractivity contribution in [2.45, 2.75) is 18.7 Å². The van der Waals surface area contributed by atoms with Crippen molar-refractivity contribution in [1.29, 1.82) is 0 Å². The van der Waals surface area contributed by atoms with E-state index in [-0.39, 0.29) is 29.2 Å². The van der Waals surface area contributed by atoms with Gasteiger partial charge >= 0.3 is 5.97 Å². The van der Waals surface area contributed by atoms with Gasteiger partial charge in [-0.1, -0.05) is 0 Å². The molecule has 0 aromatic carbocycles. The van der Waals surface area contributed by atoms with Crippen LogP contribution in [0.1, 0.15) is 23.4 Å². The summed E-state index contributed by atoms with van der Waals surface area (Å²) in [5.74, 6) is -0.600. The molecule has 94 valence electrons. The molecule has 0 fully saturated rings. The average molecular weight is 265 g/mol. The van der Waals surface area contributed by atoms with E-state index < -0.39 is 18.1 Å². The zero-order valence-corrected chi connectivity index (χ0v) is 9.80. The third-order valence-corrected chi connectivity index (χ3v) is 2.41. The van der Waals surface area contributed by atoms with Crippen LogP contribution in [-0.4, -0.2) is 18.1 Å². The van der Waals surface area contributed by atoms with Crippen molar-refractivity contribution in [1.82, 2.24) is 4.98 Å². The summed E-state index contributed by atoms with van der Waals surface area (Å²) in [5, 5.41) is 0. The maximum atomic E-state index is 12.6. The van der Waals surface area contributed by atoms with Gasteiger partial charge in [0.25, 0.3) is 6.43 Å². The van der Waals surface area contributed by atoms with Gasteiger partial charge in [-0.05, 0) is 11.6 Å². The number of hydrogen-bond donors (Lipinski definition) is 1. The normalized spacial score (nSPS) is 10.6. The Bertz CT molecular complexity index is 427. The number of carbonyl (C=O) groups excluding carboxylic acids is 1. The van der Waals surface area contributed by atoms with Crippen molar-refractivity contribution in [2.75, 3.05) is 12.8 Å². The van der Waals surface area contributed by atoms with Gasteiger partial charge in [0.2, 0.25) is 0 Å². The van der Waals surface area contributed by atoms with Crippen LogP contribution in [0.15, 0.2) is 6.07 Å². The van der Waals surface area contributed by atoms with Gasteiger partial charge in [0.15, 0.2) is 0 Å². The first-order valence-corrected chi connectivity index (χ1v) is 5.22.